The second-order valence-electron chi connectivity index (χ2n) is 5.85. The number of hydrogen-bond acceptors (Lipinski definition) is 4. The van der Waals surface area contributed by atoms with Crippen LogP contribution in [0.2, 0.25) is 0 Å². The van der Waals surface area contributed by atoms with E-state index >= 15 is 0 Å². The number of thiazole rings is 1. The molecule has 2 aromatic rings. The van der Waals surface area contributed by atoms with E-state index in [4.69, 9.17) is 4.74 Å². The van der Waals surface area contributed by atoms with Crippen molar-refractivity contribution < 1.29 is 9.53 Å². The van der Waals surface area contributed by atoms with Crippen LogP contribution in [0.1, 0.15) is 35.5 Å². The van der Waals surface area contributed by atoms with Gasteiger partial charge >= 0.3 is 0 Å². The summed E-state index contributed by atoms with van der Waals surface area (Å²) >= 11 is 1.62. The van der Waals surface area contributed by atoms with E-state index in [-0.39, 0.29) is 5.91 Å². The summed E-state index contributed by atoms with van der Waals surface area (Å²) in [6.07, 6.45) is 4.67. The Morgan fingerprint density at radius 3 is 3.00 bits per heavy atom. The number of ether oxygens (including phenoxy) is 1. The van der Waals surface area contributed by atoms with Gasteiger partial charge in [-0.3, -0.25) is 4.79 Å². The lowest BCUT2D eigenvalue weighted by molar-refractivity contribution is -0.120. The molecule has 0 unspecified atom stereocenters. The molecule has 5 heteroatoms. The summed E-state index contributed by atoms with van der Waals surface area (Å²) in [7, 11) is 0. The van der Waals surface area contributed by atoms with E-state index in [1.165, 1.54) is 5.56 Å². The number of carbonyl (C=O) groups excluding carboxylic acids is 1. The maximum absolute atomic E-state index is 12.0. The lowest BCUT2D eigenvalue weighted by atomic mass is 10.2. The fraction of sp³-hybridized carbons (Fsp3) is 0.444. The molecule has 122 valence electrons. The highest BCUT2D eigenvalue weighted by molar-refractivity contribution is 7.09. The van der Waals surface area contributed by atoms with Gasteiger partial charge < -0.3 is 10.1 Å². The molecule has 0 spiro atoms. The van der Waals surface area contributed by atoms with Crippen LogP contribution in [0.4, 0.5) is 0 Å². The molecule has 3 rings (SSSR count). The maximum Gasteiger partial charge on any atom is 0.226 e. The average molecular weight is 330 g/mol. The maximum atomic E-state index is 12.0. The molecule has 4 nitrogen and oxygen atoms in total. The molecule has 1 aliphatic heterocycles. The third kappa shape index (κ3) is 5.15. The Morgan fingerprint density at radius 2 is 2.22 bits per heavy atom. The molecular weight excluding hydrogens is 308 g/mol. The number of amides is 1. The Morgan fingerprint density at radius 1 is 1.35 bits per heavy atom. The molecule has 1 aromatic carbocycles. The first-order valence-corrected chi connectivity index (χ1v) is 9.03. The summed E-state index contributed by atoms with van der Waals surface area (Å²) in [6, 6.07) is 10.3. The number of hydrogen-bond donors (Lipinski definition) is 1. The van der Waals surface area contributed by atoms with Gasteiger partial charge in [0.1, 0.15) is 0 Å². The zero-order valence-corrected chi connectivity index (χ0v) is 14.0. The summed E-state index contributed by atoms with van der Waals surface area (Å²) in [4.78, 5) is 16.5. The van der Waals surface area contributed by atoms with E-state index < -0.39 is 0 Å². The molecule has 1 saturated heterocycles. The molecular formula is C18H22N2O2S. The minimum absolute atomic E-state index is 0.0413. The third-order valence-electron chi connectivity index (χ3n) is 3.95. The number of benzene rings is 1. The predicted molar refractivity (Wildman–Crippen MR) is 91.7 cm³/mol. The molecule has 2 heterocycles. The van der Waals surface area contributed by atoms with Gasteiger partial charge in [-0.1, -0.05) is 30.3 Å². The molecule has 0 bridgehead atoms. The fourth-order valence-electron chi connectivity index (χ4n) is 2.75. The number of nitrogens with zero attached hydrogens (tertiary/aromatic N) is 1. The zero-order chi connectivity index (χ0) is 15.9. The van der Waals surface area contributed by atoms with E-state index in [9.17, 15) is 4.79 Å². The number of carbonyl (C=O) groups is 1. The van der Waals surface area contributed by atoms with Gasteiger partial charge in [0, 0.05) is 25.0 Å². The molecule has 23 heavy (non-hydrogen) atoms. The first kappa shape index (κ1) is 16.1. The number of aromatic nitrogens is 1. The largest absolute Gasteiger partial charge is 0.378 e. The lowest BCUT2D eigenvalue weighted by Crippen LogP contribution is -2.28. The van der Waals surface area contributed by atoms with Crippen molar-refractivity contribution in [1.82, 2.24) is 10.3 Å². The average Bonchev–Trinajstić information content (AvgIpc) is 3.21. The topological polar surface area (TPSA) is 51.2 Å². The van der Waals surface area contributed by atoms with Crippen LogP contribution < -0.4 is 5.32 Å². The highest BCUT2D eigenvalue weighted by Gasteiger charge is 2.15. The van der Waals surface area contributed by atoms with E-state index in [1.807, 2.05) is 23.6 Å². The fourth-order valence-corrected chi connectivity index (χ4v) is 3.58. The van der Waals surface area contributed by atoms with E-state index in [1.54, 1.807) is 11.3 Å². The van der Waals surface area contributed by atoms with Crippen LogP contribution >= 0.6 is 11.3 Å². The van der Waals surface area contributed by atoms with Crippen molar-refractivity contribution in [3.63, 3.8) is 0 Å². The van der Waals surface area contributed by atoms with Crippen molar-refractivity contribution in [3.8, 4) is 0 Å². The Bertz CT molecular complexity index is 621. The van der Waals surface area contributed by atoms with Crippen molar-refractivity contribution in [2.45, 2.75) is 38.2 Å². The molecule has 1 fully saturated rings. The molecule has 0 radical (unpaired) electrons. The summed E-state index contributed by atoms with van der Waals surface area (Å²) in [5, 5.41) is 6.00. The Labute approximate surface area is 140 Å². The minimum Gasteiger partial charge on any atom is -0.378 e. The highest BCUT2D eigenvalue weighted by Crippen LogP contribution is 2.16. The first-order valence-electron chi connectivity index (χ1n) is 8.15. The second kappa shape index (κ2) is 8.22. The molecule has 1 aromatic heterocycles. The van der Waals surface area contributed by atoms with Crippen LogP contribution in [-0.2, 0) is 22.4 Å². The van der Waals surface area contributed by atoms with Gasteiger partial charge in [0.2, 0.25) is 5.91 Å². The van der Waals surface area contributed by atoms with Crippen molar-refractivity contribution >= 4 is 17.2 Å². The zero-order valence-electron chi connectivity index (χ0n) is 13.2. The van der Waals surface area contributed by atoms with Crippen LogP contribution in [-0.4, -0.2) is 30.1 Å². The standard InChI is InChI=1S/C18H22N2O2S/c21-17(19-9-8-16-7-4-10-22-16)12-15-13-23-18(20-15)11-14-5-2-1-3-6-14/h1-3,5-6,13,16H,4,7-12H2,(H,19,21)/t16-/m1/s1. The summed E-state index contributed by atoms with van der Waals surface area (Å²) in [6.45, 7) is 1.55. The van der Waals surface area contributed by atoms with Crippen molar-refractivity contribution in [2.24, 2.45) is 0 Å². The Hall–Kier alpha value is -1.72. The normalized spacial score (nSPS) is 17.3. The smallest absolute Gasteiger partial charge is 0.226 e. The third-order valence-corrected chi connectivity index (χ3v) is 4.85. The minimum atomic E-state index is 0.0413. The first-order chi connectivity index (χ1) is 11.3. The Balaban J connectivity index is 1.42. The van der Waals surface area contributed by atoms with E-state index in [2.05, 4.69) is 22.4 Å². The van der Waals surface area contributed by atoms with Crippen LogP contribution in [0, 0.1) is 0 Å². The molecule has 1 atom stereocenters. The van der Waals surface area contributed by atoms with Crippen molar-refractivity contribution in [3.05, 3.63) is 52.0 Å². The van der Waals surface area contributed by atoms with Gasteiger partial charge in [-0.2, -0.15) is 0 Å². The Kier molecular flexibility index (Phi) is 5.77. The highest BCUT2D eigenvalue weighted by atomic mass is 32.1. The SMILES string of the molecule is O=C(Cc1csc(Cc2ccccc2)n1)NCC[C@H]1CCCO1. The van der Waals surface area contributed by atoms with Crippen LogP contribution in [0.25, 0.3) is 0 Å². The van der Waals surface area contributed by atoms with Crippen molar-refractivity contribution in [2.75, 3.05) is 13.2 Å². The quantitative estimate of drug-likeness (QED) is 0.849. The molecule has 0 aliphatic carbocycles. The van der Waals surface area contributed by atoms with Crippen LogP contribution in [0.15, 0.2) is 35.7 Å². The summed E-state index contributed by atoms with van der Waals surface area (Å²) < 4.78 is 5.55. The van der Waals surface area contributed by atoms with Crippen LogP contribution in [0.5, 0.6) is 0 Å². The second-order valence-corrected chi connectivity index (χ2v) is 6.79. The van der Waals surface area contributed by atoms with Gasteiger partial charge in [0.15, 0.2) is 0 Å². The molecule has 1 amide bonds. The van der Waals surface area contributed by atoms with Gasteiger partial charge in [0.25, 0.3) is 0 Å². The molecule has 1 aliphatic rings. The van der Waals surface area contributed by atoms with Gasteiger partial charge in [0.05, 0.1) is 23.2 Å². The van der Waals surface area contributed by atoms with Gasteiger partial charge in [-0.25, -0.2) is 4.98 Å². The summed E-state index contributed by atoms with van der Waals surface area (Å²) in [5.41, 5.74) is 2.10. The number of nitrogens with one attached hydrogen (secondary N) is 1. The van der Waals surface area contributed by atoms with Gasteiger partial charge in [-0.05, 0) is 24.8 Å². The monoisotopic (exact) mass is 330 g/mol. The molecule has 1 N–H and O–H groups in total. The van der Waals surface area contributed by atoms with Gasteiger partial charge in [-0.15, -0.1) is 11.3 Å². The lowest BCUT2D eigenvalue weighted by Gasteiger charge is -2.09. The predicted octanol–water partition coefficient (Wildman–Crippen LogP) is 2.96. The van der Waals surface area contributed by atoms with Crippen LogP contribution in [0.3, 0.4) is 0 Å². The number of rotatable bonds is 7. The van der Waals surface area contributed by atoms with E-state index in [0.29, 0.717) is 19.1 Å². The summed E-state index contributed by atoms with van der Waals surface area (Å²) in [5.74, 6) is 0.0413. The van der Waals surface area contributed by atoms with E-state index in [0.717, 1.165) is 43.0 Å². The molecule has 0 saturated carbocycles. The van der Waals surface area contributed by atoms with Crippen molar-refractivity contribution in [1.29, 1.82) is 0 Å².